The number of pyridine rings is 1. The van der Waals surface area contributed by atoms with Crippen molar-refractivity contribution in [3.05, 3.63) is 65.0 Å². The Balaban J connectivity index is 0.000000240. The largest absolute Gasteiger partial charge is 0.478 e. The van der Waals surface area contributed by atoms with Gasteiger partial charge in [-0.25, -0.2) is 24.2 Å². The van der Waals surface area contributed by atoms with E-state index in [0.29, 0.717) is 0 Å². The number of nitrogens with zero attached hydrogens (tertiary/aromatic N) is 1. The minimum Gasteiger partial charge on any atom is -0.478 e. The standard InChI is InChI=1S/C8H6O4.C7H5NO4/c9-7(10)5-1-2-6(4-3-5)8(11)12;9-6(10)4-1-2-5(7(11)12)8-3-4/h1-4H,(H,9,10)(H,11,12);1-3H,(H,9,10)(H,11,12). The second kappa shape index (κ2) is 8.03. The molecule has 0 spiro atoms. The fourth-order valence-corrected chi connectivity index (χ4v) is 1.40. The van der Waals surface area contributed by atoms with Crippen LogP contribution in [0, 0.1) is 0 Å². The quantitative estimate of drug-likeness (QED) is 0.650. The fourth-order valence-electron chi connectivity index (χ4n) is 1.40. The number of hydrogen-bond donors (Lipinski definition) is 4. The molecule has 0 fully saturated rings. The molecule has 24 heavy (non-hydrogen) atoms. The maximum Gasteiger partial charge on any atom is 0.354 e. The van der Waals surface area contributed by atoms with E-state index >= 15 is 0 Å². The van der Waals surface area contributed by atoms with Crippen LogP contribution < -0.4 is 0 Å². The van der Waals surface area contributed by atoms with Crippen LogP contribution in [0.4, 0.5) is 0 Å². The summed E-state index contributed by atoms with van der Waals surface area (Å²) in [4.78, 5) is 44.7. The summed E-state index contributed by atoms with van der Waals surface area (Å²) in [5.41, 5.74) is -0.0278. The third-order valence-electron chi connectivity index (χ3n) is 2.61. The maximum atomic E-state index is 10.3. The smallest absolute Gasteiger partial charge is 0.354 e. The van der Waals surface area contributed by atoms with Crippen molar-refractivity contribution in [2.45, 2.75) is 0 Å². The molecule has 0 bridgehead atoms. The van der Waals surface area contributed by atoms with E-state index < -0.39 is 23.9 Å². The highest BCUT2D eigenvalue weighted by molar-refractivity contribution is 5.91. The van der Waals surface area contributed by atoms with Crippen molar-refractivity contribution in [1.29, 1.82) is 0 Å². The number of carboxylic acid groups (broad SMARTS) is 4. The van der Waals surface area contributed by atoms with Crippen molar-refractivity contribution in [1.82, 2.24) is 4.98 Å². The summed E-state index contributed by atoms with van der Waals surface area (Å²) in [6, 6.07) is 7.36. The molecule has 0 saturated carbocycles. The minimum atomic E-state index is -1.17. The van der Waals surface area contributed by atoms with Crippen LogP contribution in [0.2, 0.25) is 0 Å². The van der Waals surface area contributed by atoms with Crippen molar-refractivity contribution in [2.24, 2.45) is 0 Å². The Morgan fingerprint density at radius 1 is 0.583 bits per heavy atom. The average Bonchev–Trinajstić information content (AvgIpc) is 2.55. The van der Waals surface area contributed by atoms with Crippen LogP contribution in [0.15, 0.2) is 42.6 Å². The molecule has 2 aromatic rings. The Morgan fingerprint density at radius 2 is 0.958 bits per heavy atom. The molecule has 124 valence electrons. The van der Waals surface area contributed by atoms with E-state index in [9.17, 15) is 19.2 Å². The van der Waals surface area contributed by atoms with Gasteiger partial charge in [-0.1, -0.05) is 0 Å². The Morgan fingerprint density at radius 3 is 1.21 bits per heavy atom. The molecule has 9 nitrogen and oxygen atoms in total. The molecule has 0 aliphatic heterocycles. The summed E-state index contributed by atoms with van der Waals surface area (Å²) >= 11 is 0. The van der Waals surface area contributed by atoms with Crippen molar-refractivity contribution >= 4 is 23.9 Å². The van der Waals surface area contributed by atoms with Crippen LogP contribution in [0.1, 0.15) is 41.6 Å². The Kier molecular flexibility index (Phi) is 6.13. The van der Waals surface area contributed by atoms with E-state index in [0.717, 1.165) is 12.3 Å². The monoisotopic (exact) mass is 333 g/mol. The molecule has 1 heterocycles. The summed E-state index contributed by atoms with van der Waals surface area (Å²) in [5.74, 6) is -4.43. The lowest BCUT2D eigenvalue weighted by molar-refractivity contribution is 0.0675. The predicted molar refractivity (Wildman–Crippen MR) is 78.5 cm³/mol. The number of aromatic nitrogens is 1. The molecule has 0 atom stereocenters. The molecule has 4 N–H and O–H groups in total. The van der Waals surface area contributed by atoms with Gasteiger partial charge in [0.2, 0.25) is 0 Å². The van der Waals surface area contributed by atoms with Gasteiger partial charge >= 0.3 is 23.9 Å². The van der Waals surface area contributed by atoms with E-state index in [-0.39, 0.29) is 22.4 Å². The first-order valence-electron chi connectivity index (χ1n) is 6.21. The third kappa shape index (κ3) is 5.22. The number of rotatable bonds is 4. The topological polar surface area (TPSA) is 162 Å². The zero-order valence-electron chi connectivity index (χ0n) is 11.9. The van der Waals surface area contributed by atoms with Gasteiger partial charge in [0.25, 0.3) is 0 Å². The van der Waals surface area contributed by atoms with Gasteiger partial charge in [-0.2, -0.15) is 0 Å². The second-order valence-corrected chi connectivity index (χ2v) is 4.23. The average molecular weight is 333 g/mol. The van der Waals surface area contributed by atoms with Crippen LogP contribution in [0.25, 0.3) is 0 Å². The fraction of sp³-hybridized carbons (Fsp3) is 0. The number of hydrogen-bond acceptors (Lipinski definition) is 5. The van der Waals surface area contributed by atoms with Crippen molar-refractivity contribution in [2.75, 3.05) is 0 Å². The first-order valence-corrected chi connectivity index (χ1v) is 6.21. The zero-order valence-corrected chi connectivity index (χ0v) is 11.9. The summed E-state index contributed by atoms with van der Waals surface area (Å²) in [5, 5.41) is 33.8. The van der Waals surface area contributed by atoms with Gasteiger partial charge in [-0.15, -0.1) is 0 Å². The molecule has 0 amide bonds. The molecule has 0 unspecified atom stereocenters. The lowest BCUT2D eigenvalue weighted by Gasteiger charge is -1.94. The maximum absolute atomic E-state index is 10.3. The highest BCUT2D eigenvalue weighted by Crippen LogP contribution is 2.03. The molecule has 0 aliphatic carbocycles. The van der Waals surface area contributed by atoms with Gasteiger partial charge in [0.1, 0.15) is 5.69 Å². The van der Waals surface area contributed by atoms with Gasteiger partial charge in [0.05, 0.1) is 16.7 Å². The molecule has 1 aromatic heterocycles. The highest BCUT2D eigenvalue weighted by atomic mass is 16.4. The lowest BCUT2D eigenvalue weighted by Crippen LogP contribution is -2.02. The lowest BCUT2D eigenvalue weighted by atomic mass is 10.1. The van der Waals surface area contributed by atoms with Crippen LogP contribution in [0.3, 0.4) is 0 Å². The molecule has 0 saturated heterocycles. The van der Waals surface area contributed by atoms with Gasteiger partial charge < -0.3 is 20.4 Å². The number of carbonyl (C=O) groups is 4. The highest BCUT2D eigenvalue weighted by Gasteiger charge is 2.06. The second-order valence-electron chi connectivity index (χ2n) is 4.23. The molecule has 2 rings (SSSR count). The predicted octanol–water partition coefficient (Wildman–Crippen LogP) is 1.56. The van der Waals surface area contributed by atoms with Crippen LogP contribution in [-0.2, 0) is 0 Å². The van der Waals surface area contributed by atoms with Crippen LogP contribution >= 0.6 is 0 Å². The summed E-state index contributed by atoms with van der Waals surface area (Å²) in [6.07, 6.45) is 1.01. The van der Waals surface area contributed by atoms with E-state index in [4.69, 9.17) is 20.4 Å². The molecule has 0 radical (unpaired) electrons. The van der Waals surface area contributed by atoms with Crippen molar-refractivity contribution < 1.29 is 39.6 Å². The third-order valence-corrected chi connectivity index (χ3v) is 2.61. The summed E-state index contributed by atoms with van der Waals surface area (Å²) in [7, 11) is 0. The first-order chi connectivity index (χ1) is 11.2. The SMILES string of the molecule is O=C(O)c1ccc(C(=O)O)cc1.O=C(O)c1ccc(C(=O)O)nc1. The molecular formula is C15H11NO8. The zero-order chi connectivity index (χ0) is 18.3. The van der Waals surface area contributed by atoms with Crippen LogP contribution in [-0.4, -0.2) is 49.3 Å². The van der Waals surface area contributed by atoms with E-state index in [1.165, 1.54) is 30.3 Å². The first kappa shape index (κ1) is 18.3. The Labute approximate surface area is 134 Å². The summed E-state index contributed by atoms with van der Waals surface area (Å²) in [6.45, 7) is 0. The number of aromatic carboxylic acids is 4. The van der Waals surface area contributed by atoms with Crippen LogP contribution in [0.5, 0.6) is 0 Å². The van der Waals surface area contributed by atoms with Gasteiger partial charge in [-0.05, 0) is 36.4 Å². The normalized spacial score (nSPS) is 9.33. The van der Waals surface area contributed by atoms with Gasteiger partial charge in [0, 0.05) is 6.20 Å². The van der Waals surface area contributed by atoms with Crippen molar-refractivity contribution in [3.63, 3.8) is 0 Å². The molecular weight excluding hydrogens is 322 g/mol. The van der Waals surface area contributed by atoms with Crippen molar-refractivity contribution in [3.8, 4) is 0 Å². The van der Waals surface area contributed by atoms with Gasteiger partial charge in [0.15, 0.2) is 0 Å². The van der Waals surface area contributed by atoms with Gasteiger partial charge in [-0.3, -0.25) is 0 Å². The summed E-state index contributed by atoms with van der Waals surface area (Å²) < 4.78 is 0. The van der Waals surface area contributed by atoms with E-state index in [2.05, 4.69) is 4.98 Å². The molecule has 1 aromatic carbocycles. The Hall–Kier alpha value is -3.75. The number of carboxylic acids is 4. The number of benzene rings is 1. The van der Waals surface area contributed by atoms with E-state index in [1.807, 2.05) is 0 Å². The van der Waals surface area contributed by atoms with E-state index in [1.54, 1.807) is 0 Å². The molecule has 9 heteroatoms. The minimum absolute atomic E-state index is 0.0278. The Bertz CT molecular complexity index is 632. The molecule has 0 aliphatic rings.